The molecule has 11 heteroatoms. The molecule has 11 nitrogen and oxygen atoms in total. The summed E-state index contributed by atoms with van der Waals surface area (Å²) in [5.41, 5.74) is 8.09. The number of Topliss-reactive ketones (excluding diaryl/α,β-unsaturated/α-hetero) is 2. The quantitative estimate of drug-likeness (QED) is 0.0402. The smallest absolute Gasteiger partial charge is 0.229 e. The minimum Gasteiger partial charge on any atom is -0.385 e. The average molecular weight is 955 g/mol. The summed E-state index contributed by atoms with van der Waals surface area (Å²) in [6.07, 6.45) is 15.8. The number of unbranched alkanes of at least 4 members (excludes halogenated alkanes) is 4. The number of aromatic nitrogens is 2. The van der Waals surface area contributed by atoms with E-state index in [1.165, 1.54) is 57.9 Å². The summed E-state index contributed by atoms with van der Waals surface area (Å²) >= 11 is 0. The normalized spacial score (nSPS) is 14.2. The van der Waals surface area contributed by atoms with Crippen LogP contribution in [0.1, 0.15) is 217 Å². The zero-order valence-corrected chi connectivity index (χ0v) is 46.3. The van der Waals surface area contributed by atoms with Gasteiger partial charge in [-0.05, 0) is 110 Å². The standard InChI is InChI=1S/C17H23NO2.C16H24N2O.C9H12N2.C6H9NO2.C3H8.C3H6.2C2H6/c1-3-4-5-6-7-12-18-17-10-8-9-15(14(2)20)16(17)11-13-19;1-5-13-14(12(4)19)10-16(17-15(13)6-2)18-9-7-8-11(18)3;1-7-5-4-6-9(11-7)8(2)10-3;1-4-2-3-5(8)7-6(4)9;2*1-3-2;2*1-2/h8-11,18H,3-7,12H2,1-2H3;10-11H,5-9H2,1-4H3;4-6H,1-3H3;4H,2-3H2,1H3,(H,7,8,9);3H2,1-2H3;3H,1H2,2H3;2*1-2H3. The lowest BCUT2D eigenvalue weighted by Gasteiger charge is -2.24. The predicted octanol–water partition coefficient (Wildman–Crippen LogP) is 14.1. The molecule has 2 aliphatic rings. The van der Waals surface area contributed by atoms with Crippen LogP contribution < -0.4 is 15.5 Å². The van der Waals surface area contributed by atoms with Gasteiger partial charge in [-0.25, -0.2) is 9.78 Å². The molecule has 0 spiro atoms. The van der Waals surface area contributed by atoms with Gasteiger partial charge in [-0.3, -0.25) is 34.5 Å². The van der Waals surface area contributed by atoms with Crippen LogP contribution in [0.2, 0.25) is 0 Å². The number of aryl methyl sites for hydroxylation is 2. The number of imide groups is 1. The number of piperidine rings is 1. The van der Waals surface area contributed by atoms with Crippen LogP contribution in [0.3, 0.4) is 0 Å². The number of aliphatic imine (C=N–C) groups is 1. The molecule has 2 atom stereocenters. The van der Waals surface area contributed by atoms with Gasteiger partial charge in [0.05, 0.1) is 11.4 Å². The van der Waals surface area contributed by atoms with Gasteiger partial charge in [0, 0.05) is 78.4 Å². The van der Waals surface area contributed by atoms with Gasteiger partial charge in [0.15, 0.2) is 11.6 Å². The number of nitrogens with zero attached hydrogens (tertiary/aromatic N) is 4. The molecule has 0 bridgehead atoms. The summed E-state index contributed by atoms with van der Waals surface area (Å²) in [7, 11) is 1.78. The Morgan fingerprint density at radius 1 is 0.884 bits per heavy atom. The lowest BCUT2D eigenvalue weighted by atomic mass is 9.99. The van der Waals surface area contributed by atoms with E-state index in [1.54, 1.807) is 32.1 Å². The first kappa shape index (κ1) is 67.7. The van der Waals surface area contributed by atoms with Crippen LogP contribution >= 0.6 is 0 Å². The van der Waals surface area contributed by atoms with E-state index in [2.05, 4.69) is 73.6 Å². The van der Waals surface area contributed by atoms with Crippen LogP contribution in [0, 0.1) is 12.8 Å². The lowest BCUT2D eigenvalue weighted by molar-refractivity contribution is -0.135. The average Bonchev–Trinajstić information content (AvgIpc) is 3.78. The van der Waals surface area contributed by atoms with Crippen LogP contribution in [0.15, 0.2) is 60.1 Å². The number of hydrogen-bond acceptors (Lipinski definition) is 10. The highest BCUT2D eigenvalue weighted by Gasteiger charge is 2.24. The van der Waals surface area contributed by atoms with E-state index < -0.39 is 0 Å². The summed E-state index contributed by atoms with van der Waals surface area (Å²) in [6.45, 7) is 37.0. The number of allylic oxidation sites excluding steroid dienone is 1. The highest BCUT2D eigenvalue weighted by molar-refractivity contribution is 6.02. The second-order valence-electron chi connectivity index (χ2n) is 16.3. The highest BCUT2D eigenvalue weighted by atomic mass is 16.2. The highest BCUT2D eigenvalue weighted by Crippen LogP contribution is 2.28. The Labute approximate surface area is 420 Å². The maximum absolute atomic E-state index is 11.9. The number of benzene rings is 1. The van der Waals surface area contributed by atoms with Crippen molar-refractivity contribution in [3.8, 4) is 0 Å². The van der Waals surface area contributed by atoms with E-state index in [4.69, 9.17) is 4.98 Å². The number of amides is 2. The van der Waals surface area contributed by atoms with Gasteiger partial charge < -0.3 is 10.2 Å². The molecular formula is C58H94N6O5. The van der Waals surface area contributed by atoms with E-state index in [0.717, 1.165) is 77.8 Å². The molecule has 0 saturated carbocycles. The van der Waals surface area contributed by atoms with Crippen molar-refractivity contribution < 1.29 is 24.0 Å². The van der Waals surface area contributed by atoms with Crippen molar-refractivity contribution >= 4 is 52.6 Å². The molecule has 2 fully saturated rings. The third kappa shape index (κ3) is 27.9. The van der Waals surface area contributed by atoms with Gasteiger partial charge in [0.1, 0.15) is 11.8 Å². The van der Waals surface area contributed by atoms with Crippen LogP contribution in [0.4, 0.5) is 11.5 Å². The topological polar surface area (TPSA) is 151 Å². The minimum atomic E-state index is -0.141. The van der Waals surface area contributed by atoms with Gasteiger partial charge in [0.2, 0.25) is 11.8 Å². The molecular weight excluding hydrogens is 861 g/mol. The van der Waals surface area contributed by atoms with E-state index in [9.17, 15) is 24.0 Å². The molecule has 2 saturated heterocycles. The molecule has 5 rings (SSSR count). The van der Waals surface area contributed by atoms with Crippen molar-refractivity contribution in [3.05, 3.63) is 94.5 Å². The summed E-state index contributed by atoms with van der Waals surface area (Å²) in [6, 6.07) is 13.9. The maximum atomic E-state index is 11.9. The number of carbonyl (C=O) groups is 4. The molecule has 2 aromatic heterocycles. The summed E-state index contributed by atoms with van der Waals surface area (Å²) in [4.78, 5) is 70.8. The first-order chi connectivity index (χ1) is 33.0. The Bertz CT molecular complexity index is 2000. The largest absolute Gasteiger partial charge is 0.385 e. The van der Waals surface area contributed by atoms with Gasteiger partial charge in [-0.1, -0.05) is 126 Å². The third-order valence-corrected chi connectivity index (χ3v) is 10.5. The van der Waals surface area contributed by atoms with E-state index >= 15 is 0 Å². The van der Waals surface area contributed by atoms with Crippen LogP contribution in [-0.2, 0) is 27.2 Å². The Hall–Kier alpha value is -5.54. The number of ketones is 2. The number of pyridine rings is 2. The molecule has 4 heterocycles. The van der Waals surface area contributed by atoms with Gasteiger partial charge in [0.25, 0.3) is 0 Å². The molecule has 0 aliphatic carbocycles. The summed E-state index contributed by atoms with van der Waals surface area (Å²) in [5, 5.41) is 5.56. The first-order valence-electron chi connectivity index (χ1n) is 25.7. The van der Waals surface area contributed by atoms with Gasteiger partial charge in [-0.2, -0.15) is 0 Å². The van der Waals surface area contributed by atoms with Crippen LogP contribution in [0.25, 0.3) is 6.08 Å². The minimum absolute atomic E-state index is 0.0164. The zero-order chi connectivity index (χ0) is 53.3. The third-order valence-electron chi connectivity index (χ3n) is 10.5. The fourth-order valence-electron chi connectivity index (χ4n) is 6.88. The Morgan fingerprint density at radius 3 is 1.94 bits per heavy atom. The molecule has 2 aliphatic heterocycles. The van der Waals surface area contributed by atoms with Crippen molar-refractivity contribution in [3.63, 3.8) is 0 Å². The SMILES string of the molecule is C=CC.CC.CC.CC1CCC(=O)NC1=O.CCC.CCCCCCCNc1cccc(C(C)=O)c1C=C=O.CCc1nc(N2CCCC2C)cc(C(C)=O)c1CC.CN=C(C)c1cccc(C)n1. The molecule has 69 heavy (non-hydrogen) atoms. The number of nitrogens with one attached hydrogen (secondary N) is 2. The van der Waals surface area contributed by atoms with Gasteiger partial charge in [-0.15, -0.1) is 6.58 Å². The monoisotopic (exact) mass is 955 g/mol. The number of carbonyl (C=O) groups excluding carboxylic acids is 5. The fourth-order valence-corrected chi connectivity index (χ4v) is 6.88. The van der Waals surface area contributed by atoms with Crippen LogP contribution in [0.5, 0.6) is 0 Å². The Kier molecular flexibility index (Phi) is 41.8. The van der Waals surface area contributed by atoms with Crippen molar-refractivity contribution in [1.82, 2.24) is 15.3 Å². The molecule has 2 unspecified atom stereocenters. The van der Waals surface area contributed by atoms with Gasteiger partial charge >= 0.3 is 0 Å². The second kappa shape index (κ2) is 42.6. The van der Waals surface area contributed by atoms with E-state index in [0.29, 0.717) is 30.0 Å². The van der Waals surface area contributed by atoms with E-state index in [1.807, 2.05) is 91.8 Å². The Balaban J connectivity index is -0.000000817. The summed E-state index contributed by atoms with van der Waals surface area (Å²) < 4.78 is 0. The predicted molar refractivity (Wildman–Crippen MR) is 296 cm³/mol. The Morgan fingerprint density at radius 2 is 1.48 bits per heavy atom. The molecule has 2 N–H and O–H groups in total. The summed E-state index contributed by atoms with van der Waals surface area (Å²) in [5.74, 6) is 2.61. The van der Waals surface area contributed by atoms with Crippen molar-refractivity contribution in [2.24, 2.45) is 10.9 Å². The second-order valence-corrected chi connectivity index (χ2v) is 16.3. The van der Waals surface area contributed by atoms with Crippen molar-refractivity contribution in [1.29, 1.82) is 0 Å². The van der Waals surface area contributed by atoms with E-state index in [-0.39, 0.29) is 29.3 Å². The molecule has 1 aromatic carbocycles. The fraction of sp³-hybridized carbons (Fsp3) is 0.569. The van der Waals surface area contributed by atoms with Crippen LogP contribution in [-0.4, -0.2) is 71.2 Å². The molecule has 2 amide bonds. The maximum Gasteiger partial charge on any atom is 0.229 e. The molecule has 386 valence electrons. The molecule has 3 aromatic rings. The number of anilines is 2. The first-order valence-corrected chi connectivity index (χ1v) is 25.7. The zero-order valence-electron chi connectivity index (χ0n) is 46.3. The number of hydrogen-bond donors (Lipinski definition) is 2. The lowest BCUT2D eigenvalue weighted by Crippen LogP contribution is -2.39. The van der Waals surface area contributed by atoms with Crippen molar-refractivity contribution in [2.45, 2.75) is 194 Å². The van der Waals surface area contributed by atoms with Crippen molar-refractivity contribution in [2.75, 3.05) is 30.4 Å². The molecule has 0 radical (unpaired) electrons. The number of rotatable bonds is 14.